The minimum atomic E-state index is -0.435. The molecule has 1 N–H and O–H groups in total. The Kier molecular flexibility index (Phi) is 5.89. The van der Waals surface area contributed by atoms with Gasteiger partial charge in [0.25, 0.3) is 0 Å². The highest BCUT2D eigenvalue weighted by Crippen LogP contribution is 2.40. The fraction of sp³-hybridized carbons (Fsp3) is 0.333. The van der Waals surface area contributed by atoms with Crippen LogP contribution >= 0.6 is 22.7 Å². The molecule has 1 unspecified atom stereocenters. The Morgan fingerprint density at radius 1 is 1.16 bits per heavy atom. The number of thiophene rings is 2. The van der Waals surface area contributed by atoms with Crippen LogP contribution in [-0.4, -0.2) is 34.0 Å². The maximum atomic E-state index is 13.3. The van der Waals surface area contributed by atoms with Crippen molar-refractivity contribution in [3.8, 4) is 0 Å². The van der Waals surface area contributed by atoms with E-state index in [1.54, 1.807) is 11.1 Å². The molecule has 1 aliphatic carbocycles. The molecule has 0 aromatic carbocycles. The Bertz CT molecular complexity index is 1150. The van der Waals surface area contributed by atoms with E-state index in [-0.39, 0.29) is 24.0 Å². The van der Waals surface area contributed by atoms with Gasteiger partial charge in [-0.3, -0.25) is 19.4 Å². The second-order valence-corrected chi connectivity index (χ2v) is 10.3. The fourth-order valence-corrected chi connectivity index (χ4v) is 6.39. The summed E-state index contributed by atoms with van der Waals surface area (Å²) in [6.07, 6.45) is 5.85. The highest BCUT2D eigenvalue weighted by atomic mass is 32.1. The number of hydrogen-bond donors (Lipinski definition) is 1. The van der Waals surface area contributed by atoms with Crippen LogP contribution in [0.5, 0.6) is 0 Å². The van der Waals surface area contributed by atoms with Gasteiger partial charge in [0.05, 0.1) is 28.6 Å². The Morgan fingerprint density at radius 3 is 2.81 bits per heavy atom. The molecular weight excluding hydrogens is 442 g/mol. The number of aromatic nitrogens is 1. The minimum Gasteiger partial charge on any atom is -0.336 e. The zero-order chi connectivity index (χ0) is 22.1. The van der Waals surface area contributed by atoms with Crippen LogP contribution in [-0.2, 0) is 29.0 Å². The number of pyridine rings is 1. The van der Waals surface area contributed by atoms with Gasteiger partial charge in [0.15, 0.2) is 0 Å². The molecule has 8 heteroatoms. The number of nitrogens with one attached hydrogen (secondary N) is 1. The highest BCUT2D eigenvalue weighted by molar-refractivity contribution is 7.17. The molecule has 5 rings (SSSR count). The first-order valence-electron chi connectivity index (χ1n) is 10.8. The standard InChI is InChI=1S/C24H23N3O3S2/c28-20-12-15(13-27(20)14-16-6-3-4-10-25-16)23(30)26-24-21(22(29)19-9-5-11-31-19)17-7-1-2-8-18(17)32-24/h3-6,9-11,15H,1-2,7-8,12-14H2,(H,26,30). The van der Waals surface area contributed by atoms with Gasteiger partial charge in [0.1, 0.15) is 5.00 Å². The number of aryl methyl sites for hydroxylation is 1. The van der Waals surface area contributed by atoms with Crippen molar-refractivity contribution in [3.63, 3.8) is 0 Å². The molecule has 0 spiro atoms. The highest BCUT2D eigenvalue weighted by Gasteiger charge is 2.36. The molecular formula is C24H23N3O3S2. The van der Waals surface area contributed by atoms with Crippen LogP contribution in [0.2, 0.25) is 0 Å². The molecule has 1 atom stereocenters. The average Bonchev–Trinajstić information content (AvgIpc) is 3.53. The number of carbonyl (C=O) groups excluding carboxylic acids is 3. The van der Waals surface area contributed by atoms with E-state index in [0.29, 0.717) is 28.5 Å². The lowest BCUT2D eigenvalue weighted by Crippen LogP contribution is -2.28. The average molecular weight is 466 g/mol. The van der Waals surface area contributed by atoms with Crippen molar-refractivity contribution in [1.82, 2.24) is 9.88 Å². The summed E-state index contributed by atoms with van der Waals surface area (Å²) in [5.74, 6) is -0.694. The molecule has 3 aromatic heterocycles. The van der Waals surface area contributed by atoms with Crippen molar-refractivity contribution in [2.75, 3.05) is 11.9 Å². The first kappa shape index (κ1) is 21.0. The molecule has 4 heterocycles. The molecule has 1 aliphatic heterocycles. The topological polar surface area (TPSA) is 79.4 Å². The van der Waals surface area contributed by atoms with E-state index in [1.807, 2.05) is 35.7 Å². The van der Waals surface area contributed by atoms with Gasteiger partial charge in [-0.25, -0.2) is 0 Å². The summed E-state index contributed by atoms with van der Waals surface area (Å²) in [5, 5.41) is 5.55. The Hall–Kier alpha value is -2.84. The summed E-state index contributed by atoms with van der Waals surface area (Å²) in [6.45, 7) is 0.763. The second-order valence-electron chi connectivity index (χ2n) is 8.21. The lowest BCUT2D eigenvalue weighted by atomic mass is 9.93. The molecule has 1 fully saturated rings. The van der Waals surface area contributed by atoms with Crippen LogP contribution in [0.1, 0.15) is 50.6 Å². The summed E-state index contributed by atoms with van der Waals surface area (Å²) in [7, 11) is 0. The molecule has 0 saturated carbocycles. The number of likely N-dealkylation sites (tertiary alicyclic amines) is 1. The number of rotatable bonds is 6. The molecule has 0 bridgehead atoms. The van der Waals surface area contributed by atoms with Crippen LogP contribution in [0.15, 0.2) is 41.9 Å². The summed E-state index contributed by atoms with van der Waals surface area (Å²) in [5.41, 5.74) is 2.54. The van der Waals surface area contributed by atoms with Crippen LogP contribution in [0.4, 0.5) is 5.00 Å². The molecule has 0 radical (unpaired) electrons. The molecule has 2 amide bonds. The van der Waals surface area contributed by atoms with E-state index in [2.05, 4.69) is 10.3 Å². The van der Waals surface area contributed by atoms with E-state index in [9.17, 15) is 14.4 Å². The van der Waals surface area contributed by atoms with Gasteiger partial charge in [0.2, 0.25) is 17.6 Å². The van der Waals surface area contributed by atoms with Crippen LogP contribution in [0, 0.1) is 5.92 Å². The molecule has 3 aromatic rings. The van der Waals surface area contributed by atoms with E-state index in [4.69, 9.17) is 0 Å². The predicted molar refractivity (Wildman–Crippen MR) is 125 cm³/mol. The van der Waals surface area contributed by atoms with Crippen molar-refractivity contribution < 1.29 is 14.4 Å². The smallest absolute Gasteiger partial charge is 0.230 e. The van der Waals surface area contributed by atoms with E-state index in [0.717, 1.165) is 36.9 Å². The third kappa shape index (κ3) is 4.12. The zero-order valence-electron chi connectivity index (χ0n) is 17.5. The fourth-order valence-electron chi connectivity index (χ4n) is 4.43. The van der Waals surface area contributed by atoms with E-state index >= 15 is 0 Å². The monoisotopic (exact) mass is 465 g/mol. The van der Waals surface area contributed by atoms with Crippen LogP contribution < -0.4 is 5.32 Å². The quantitative estimate of drug-likeness (QED) is 0.551. The lowest BCUT2D eigenvalue weighted by molar-refractivity contribution is -0.128. The summed E-state index contributed by atoms with van der Waals surface area (Å²) < 4.78 is 0. The molecule has 1 saturated heterocycles. The molecule has 6 nitrogen and oxygen atoms in total. The Labute approximate surface area is 194 Å². The van der Waals surface area contributed by atoms with Gasteiger partial charge in [-0.05, 0) is 54.8 Å². The normalized spacial score (nSPS) is 17.9. The van der Waals surface area contributed by atoms with Gasteiger partial charge < -0.3 is 10.2 Å². The van der Waals surface area contributed by atoms with Crippen molar-refractivity contribution in [3.05, 3.63) is 68.5 Å². The van der Waals surface area contributed by atoms with Gasteiger partial charge in [-0.1, -0.05) is 12.1 Å². The third-order valence-electron chi connectivity index (χ3n) is 6.04. The number of amides is 2. The number of nitrogens with zero attached hydrogens (tertiary/aromatic N) is 2. The van der Waals surface area contributed by atoms with Crippen molar-refractivity contribution in [1.29, 1.82) is 0 Å². The van der Waals surface area contributed by atoms with Gasteiger partial charge in [-0.2, -0.15) is 0 Å². The minimum absolute atomic E-state index is 0.0195. The Balaban J connectivity index is 1.35. The maximum absolute atomic E-state index is 13.3. The molecule has 2 aliphatic rings. The Morgan fingerprint density at radius 2 is 2.03 bits per heavy atom. The van der Waals surface area contributed by atoms with Crippen molar-refractivity contribution in [2.45, 2.75) is 38.6 Å². The van der Waals surface area contributed by atoms with E-state index in [1.165, 1.54) is 27.6 Å². The second kappa shape index (κ2) is 8.96. The molecule has 32 heavy (non-hydrogen) atoms. The van der Waals surface area contributed by atoms with Crippen molar-refractivity contribution in [2.24, 2.45) is 5.92 Å². The number of carbonyl (C=O) groups is 3. The lowest BCUT2D eigenvalue weighted by Gasteiger charge is -2.16. The first-order chi connectivity index (χ1) is 15.6. The van der Waals surface area contributed by atoms with Gasteiger partial charge in [0, 0.05) is 24.0 Å². The summed E-state index contributed by atoms with van der Waals surface area (Å²) in [4.78, 5) is 46.7. The summed E-state index contributed by atoms with van der Waals surface area (Å²) in [6, 6.07) is 9.30. The first-order valence-corrected chi connectivity index (χ1v) is 12.5. The number of anilines is 1. The van der Waals surface area contributed by atoms with E-state index < -0.39 is 5.92 Å². The number of hydrogen-bond acceptors (Lipinski definition) is 6. The summed E-state index contributed by atoms with van der Waals surface area (Å²) >= 11 is 2.94. The number of fused-ring (bicyclic) bond motifs is 1. The SMILES string of the molecule is O=C(c1cccs1)c1c(NC(=O)C2CC(=O)N(Cc3ccccn3)C2)sc2c1CCCC2. The number of ketones is 1. The van der Waals surface area contributed by atoms with Crippen LogP contribution in [0.25, 0.3) is 0 Å². The van der Waals surface area contributed by atoms with Crippen molar-refractivity contribution >= 4 is 45.3 Å². The zero-order valence-corrected chi connectivity index (χ0v) is 19.1. The largest absolute Gasteiger partial charge is 0.336 e. The van der Waals surface area contributed by atoms with Crippen LogP contribution in [0.3, 0.4) is 0 Å². The predicted octanol–water partition coefficient (Wildman–Crippen LogP) is 4.30. The van der Waals surface area contributed by atoms with Gasteiger partial charge >= 0.3 is 0 Å². The van der Waals surface area contributed by atoms with Gasteiger partial charge in [-0.15, -0.1) is 22.7 Å². The maximum Gasteiger partial charge on any atom is 0.230 e. The third-order valence-corrected chi connectivity index (χ3v) is 8.12. The molecule has 164 valence electrons.